The average Bonchev–Trinajstić information content (AvgIpc) is 2.85. The third-order valence-electron chi connectivity index (χ3n) is 3.71. The lowest BCUT2D eigenvalue weighted by Gasteiger charge is -2.20. The normalized spacial score (nSPS) is 35.8. The van der Waals surface area contributed by atoms with Crippen LogP contribution in [0.4, 0.5) is 0 Å². The van der Waals surface area contributed by atoms with Crippen LogP contribution in [0.25, 0.3) is 0 Å². The number of pyridine rings is 1. The molecule has 3 rings (SSSR count). The lowest BCUT2D eigenvalue weighted by Crippen LogP contribution is -2.45. The first kappa shape index (κ1) is 10.2. The third-order valence-corrected chi connectivity index (χ3v) is 4.15. The van der Waals surface area contributed by atoms with Crippen LogP contribution < -0.4 is 11.1 Å². The van der Waals surface area contributed by atoms with Crippen LogP contribution in [0.1, 0.15) is 12.1 Å². The molecule has 3 N–H and O–H groups in total. The van der Waals surface area contributed by atoms with Gasteiger partial charge in [0, 0.05) is 5.41 Å². The van der Waals surface area contributed by atoms with Gasteiger partial charge in [-0.2, -0.15) is 0 Å². The van der Waals surface area contributed by atoms with Gasteiger partial charge in [-0.25, -0.2) is 4.98 Å². The van der Waals surface area contributed by atoms with Gasteiger partial charge in [0.05, 0.1) is 11.7 Å². The lowest BCUT2D eigenvalue weighted by molar-refractivity contribution is -0.120. The molecule has 0 radical (unpaired) electrons. The molecule has 2 aliphatic rings. The van der Waals surface area contributed by atoms with Crippen LogP contribution in [-0.4, -0.2) is 23.5 Å². The van der Waals surface area contributed by atoms with Gasteiger partial charge >= 0.3 is 0 Å². The van der Waals surface area contributed by atoms with E-state index in [9.17, 15) is 4.79 Å². The molecule has 16 heavy (non-hydrogen) atoms. The average molecular weight is 282 g/mol. The maximum atomic E-state index is 11.4. The molecule has 1 aromatic rings. The Labute approximate surface area is 102 Å². The Kier molecular flexibility index (Phi) is 2.09. The molecule has 1 aliphatic carbocycles. The van der Waals surface area contributed by atoms with E-state index in [0.717, 1.165) is 23.3 Å². The zero-order valence-corrected chi connectivity index (χ0v) is 10.2. The van der Waals surface area contributed by atoms with Crippen LogP contribution >= 0.6 is 15.9 Å². The second-order valence-corrected chi connectivity index (χ2v) is 5.34. The van der Waals surface area contributed by atoms with Crippen LogP contribution in [0, 0.1) is 5.92 Å². The minimum absolute atomic E-state index is 0.143. The summed E-state index contributed by atoms with van der Waals surface area (Å²) in [6.07, 6.45) is 1.01. The predicted octanol–water partition coefficient (Wildman–Crippen LogP) is 0.559. The summed E-state index contributed by atoms with van der Waals surface area (Å²) in [6, 6.07) is 5.55. The lowest BCUT2D eigenvalue weighted by atomic mass is 9.91. The summed E-state index contributed by atoms with van der Waals surface area (Å²) in [6.45, 7) is 0.863. The summed E-state index contributed by atoms with van der Waals surface area (Å²) < 4.78 is 0.806. The quantitative estimate of drug-likeness (QED) is 0.779. The Morgan fingerprint density at radius 1 is 1.62 bits per heavy atom. The number of hydrogen-bond donors (Lipinski definition) is 2. The molecule has 0 bridgehead atoms. The Morgan fingerprint density at radius 2 is 2.44 bits per heavy atom. The summed E-state index contributed by atoms with van der Waals surface area (Å²) >= 11 is 3.36. The third kappa shape index (κ3) is 1.25. The standard InChI is InChI=1S/C11H12BrN3O/c12-8-3-1-2-7(15-8)11-4-6(11)5-14-9(11)10(13)16/h1-3,6,9,14H,4-5H2,(H2,13,16). The van der Waals surface area contributed by atoms with Crippen molar-refractivity contribution in [1.29, 1.82) is 0 Å². The molecule has 2 heterocycles. The highest BCUT2D eigenvalue weighted by Crippen LogP contribution is 2.59. The topological polar surface area (TPSA) is 68.0 Å². The molecule has 1 saturated carbocycles. The van der Waals surface area contributed by atoms with E-state index in [0.29, 0.717) is 5.92 Å². The summed E-state index contributed by atoms with van der Waals surface area (Å²) in [4.78, 5) is 15.9. The van der Waals surface area contributed by atoms with Crippen LogP contribution in [0.2, 0.25) is 0 Å². The van der Waals surface area contributed by atoms with Gasteiger partial charge in [-0.1, -0.05) is 6.07 Å². The smallest absolute Gasteiger partial charge is 0.235 e. The Morgan fingerprint density at radius 3 is 3.06 bits per heavy atom. The first-order valence-corrected chi connectivity index (χ1v) is 6.09. The van der Waals surface area contributed by atoms with Crippen LogP contribution in [0.15, 0.2) is 22.8 Å². The van der Waals surface area contributed by atoms with Crippen molar-refractivity contribution >= 4 is 21.8 Å². The number of rotatable bonds is 2. The monoisotopic (exact) mass is 281 g/mol. The van der Waals surface area contributed by atoms with Gasteiger partial charge < -0.3 is 11.1 Å². The summed E-state index contributed by atoms with van der Waals surface area (Å²) in [5.41, 5.74) is 6.26. The van der Waals surface area contributed by atoms with E-state index in [1.54, 1.807) is 0 Å². The fourth-order valence-electron chi connectivity index (χ4n) is 2.88. The number of nitrogens with one attached hydrogen (secondary N) is 1. The molecular formula is C11H12BrN3O. The van der Waals surface area contributed by atoms with Gasteiger partial charge in [-0.05, 0) is 46.9 Å². The summed E-state index contributed by atoms with van der Waals surface area (Å²) in [7, 11) is 0. The van der Waals surface area contributed by atoms with Crippen LogP contribution in [-0.2, 0) is 10.2 Å². The molecule has 0 spiro atoms. The van der Waals surface area contributed by atoms with Crippen molar-refractivity contribution in [1.82, 2.24) is 10.3 Å². The molecule has 2 fully saturated rings. The Hall–Kier alpha value is -0.940. The Balaban J connectivity index is 2.03. The number of amides is 1. The summed E-state index contributed by atoms with van der Waals surface area (Å²) in [5.74, 6) is 0.230. The van der Waals surface area contributed by atoms with E-state index >= 15 is 0 Å². The van der Waals surface area contributed by atoms with Crippen molar-refractivity contribution in [2.24, 2.45) is 11.7 Å². The van der Waals surface area contributed by atoms with E-state index < -0.39 is 0 Å². The molecule has 5 heteroatoms. The van der Waals surface area contributed by atoms with Crippen molar-refractivity contribution in [3.05, 3.63) is 28.5 Å². The molecule has 1 aliphatic heterocycles. The number of aromatic nitrogens is 1. The number of carbonyl (C=O) groups excluding carboxylic acids is 1. The summed E-state index contributed by atoms with van der Waals surface area (Å²) in [5, 5.41) is 3.18. The van der Waals surface area contributed by atoms with Gasteiger partial charge in [-0.3, -0.25) is 4.79 Å². The molecular weight excluding hydrogens is 270 g/mol. The van der Waals surface area contributed by atoms with Gasteiger partial charge in [0.1, 0.15) is 4.60 Å². The van der Waals surface area contributed by atoms with Gasteiger partial charge in [0.25, 0.3) is 0 Å². The van der Waals surface area contributed by atoms with Crippen LogP contribution in [0.5, 0.6) is 0 Å². The maximum absolute atomic E-state index is 11.4. The van der Waals surface area contributed by atoms with Crippen LogP contribution in [0.3, 0.4) is 0 Å². The fourth-order valence-corrected chi connectivity index (χ4v) is 3.23. The van der Waals surface area contributed by atoms with E-state index in [-0.39, 0.29) is 17.4 Å². The minimum atomic E-state index is -0.276. The Bertz CT molecular complexity index is 464. The molecule has 1 amide bonds. The first-order valence-electron chi connectivity index (χ1n) is 5.30. The van der Waals surface area contributed by atoms with Crippen molar-refractivity contribution in [3.63, 3.8) is 0 Å². The number of carbonyl (C=O) groups is 1. The SMILES string of the molecule is NC(=O)C1NCC2CC21c1cccc(Br)n1. The van der Waals surface area contributed by atoms with Crippen molar-refractivity contribution in [3.8, 4) is 0 Å². The molecule has 4 nitrogen and oxygen atoms in total. The number of halogens is 1. The van der Waals surface area contributed by atoms with Crippen molar-refractivity contribution in [2.75, 3.05) is 6.54 Å². The zero-order chi connectivity index (χ0) is 11.3. The van der Waals surface area contributed by atoms with Gasteiger partial charge in [0.2, 0.25) is 5.91 Å². The molecule has 3 atom stereocenters. The fraction of sp³-hybridized carbons (Fsp3) is 0.455. The van der Waals surface area contributed by atoms with E-state index in [1.165, 1.54) is 0 Å². The minimum Gasteiger partial charge on any atom is -0.368 e. The molecule has 1 aromatic heterocycles. The first-order chi connectivity index (χ1) is 7.64. The molecule has 1 saturated heterocycles. The van der Waals surface area contributed by atoms with E-state index in [1.807, 2.05) is 18.2 Å². The second-order valence-electron chi connectivity index (χ2n) is 4.53. The van der Waals surface area contributed by atoms with Crippen molar-refractivity contribution < 1.29 is 4.79 Å². The highest BCUT2D eigenvalue weighted by atomic mass is 79.9. The van der Waals surface area contributed by atoms with Gasteiger partial charge in [0.15, 0.2) is 0 Å². The van der Waals surface area contributed by atoms with Crippen molar-refractivity contribution in [2.45, 2.75) is 17.9 Å². The number of nitrogens with two attached hydrogens (primary N) is 1. The predicted molar refractivity (Wildman–Crippen MR) is 62.7 cm³/mol. The molecule has 0 aromatic carbocycles. The largest absolute Gasteiger partial charge is 0.368 e. The van der Waals surface area contributed by atoms with E-state index in [4.69, 9.17) is 5.73 Å². The number of fused-ring (bicyclic) bond motifs is 1. The highest BCUT2D eigenvalue weighted by Gasteiger charge is 2.66. The highest BCUT2D eigenvalue weighted by molar-refractivity contribution is 9.10. The zero-order valence-electron chi connectivity index (χ0n) is 8.61. The second kappa shape index (κ2) is 3.28. The molecule has 3 unspecified atom stereocenters. The molecule has 84 valence electrons. The number of piperidine rings is 1. The number of hydrogen-bond acceptors (Lipinski definition) is 3. The number of nitrogens with zero attached hydrogens (tertiary/aromatic N) is 1. The maximum Gasteiger partial charge on any atom is 0.235 e. The van der Waals surface area contributed by atoms with E-state index in [2.05, 4.69) is 26.2 Å². The van der Waals surface area contributed by atoms with Gasteiger partial charge in [-0.15, -0.1) is 0 Å². The number of primary amides is 1.